The van der Waals surface area contributed by atoms with Crippen LogP contribution in [0, 0.1) is 16.7 Å². The molecular formula is C15H30N4O. The van der Waals surface area contributed by atoms with Crippen molar-refractivity contribution in [3.63, 3.8) is 0 Å². The molecule has 1 atom stereocenters. The number of amides is 1. The maximum atomic E-state index is 12.6. The lowest BCUT2D eigenvalue weighted by Crippen LogP contribution is -2.46. The molecule has 1 unspecified atom stereocenters. The van der Waals surface area contributed by atoms with E-state index in [1.807, 2.05) is 21.0 Å². The van der Waals surface area contributed by atoms with Crippen LogP contribution in [0.4, 0.5) is 0 Å². The Morgan fingerprint density at radius 2 is 1.95 bits per heavy atom. The van der Waals surface area contributed by atoms with Crippen LogP contribution in [0.25, 0.3) is 0 Å². The monoisotopic (exact) mass is 282 g/mol. The first kappa shape index (κ1) is 17.0. The Bertz CT molecular complexity index is 389. The van der Waals surface area contributed by atoms with Gasteiger partial charge in [0.1, 0.15) is 5.54 Å². The predicted molar refractivity (Wildman–Crippen MR) is 82.8 cm³/mol. The van der Waals surface area contributed by atoms with Crippen molar-refractivity contribution in [2.75, 3.05) is 27.2 Å². The molecule has 0 aliphatic carbocycles. The van der Waals surface area contributed by atoms with Crippen LogP contribution in [0.3, 0.4) is 0 Å². The summed E-state index contributed by atoms with van der Waals surface area (Å²) in [6.45, 7) is 11.8. The third kappa shape index (κ3) is 3.95. The highest BCUT2D eigenvalue weighted by atomic mass is 16.2. The molecule has 1 aliphatic rings. The summed E-state index contributed by atoms with van der Waals surface area (Å²) >= 11 is 0. The van der Waals surface area contributed by atoms with Crippen LogP contribution < -0.4 is 5.32 Å². The molecular weight excluding hydrogens is 252 g/mol. The number of guanidine groups is 1. The van der Waals surface area contributed by atoms with Gasteiger partial charge in [0.05, 0.1) is 0 Å². The topological polar surface area (TPSA) is 59.4 Å². The van der Waals surface area contributed by atoms with E-state index in [0.29, 0.717) is 12.5 Å². The van der Waals surface area contributed by atoms with E-state index in [-0.39, 0.29) is 17.3 Å². The molecule has 2 N–H and O–H groups in total. The lowest BCUT2D eigenvalue weighted by atomic mass is 9.89. The van der Waals surface area contributed by atoms with Crippen molar-refractivity contribution in [1.29, 1.82) is 5.41 Å². The van der Waals surface area contributed by atoms with Crippen molar-refractivity contribution < 1.29 is 4.79 Å². The van der Waals surface area contributed by atoms with Gasteiger partial charge in [-0.05, 0) is 38.8 Å². The van der Waals surface area contributed by atoms with E-state index >= 15 is 0 Å². The van der Waals surface area contributed by atoms with Crippen LogP contribution in [0.1, 0.15) is 41.0 Å². The maximum Gasteiger partial charge on any atom is 0.254 e. The molecule has 116 valence electrons. The van der Waals surface area contributed by atoms with Crippen molar-refractivity contribution in [2.45, 2.75) is 46.6 Å². The van der Waals surface area contributed by atoms with E-state index in [1.165, 1.54) is 0 Å². The second-order valence-corrected chi connectivity index (χ2v) is 7.70. The molecule has 5 heteroatoms. The molecule has 0 aromatic heterocycles. The van der Waals surface area contributed by atoms with Gasteiger partial charge in [-0.2, -0.15) is 0 Å². The van der Waals surface area contributed by atoms with Crippen LogP contribution in [-0.4, -0.2) is 54.4 Å². The molecule has 0 aromatic carbocycles. The standard InChI is InChI=1S/C15H30N4O/c1-11(2)8-15(5)12(20)19(13(16)17-15)10-14(3,4)9-18(6)7/h11H,8-10H2,1-7H3,(H2,16,17). The van der Waals surface area contributed by atoms with Crippen molar-refractivity contribution in [1.82, 2.24) is 15.1 Å². The van der Waals surface area contributed by atoms with Crippen LogP contribution in [0.5, 0.6) is 0 Å². The molecule has 1 amide bonds. The first-order valence-electron chi connectivity index (χ1n) is 7.30. The molecule has 1 fully saturated rings. The summed E-state index contributed by atoms with van der Waals surface area (Å²) < 4.78 is 0. The van der Waals surface area contributed by atoms with Crippen LogP contribution in [-0.2, 0) is 4.79 Å². The van der Waals surface area contributed by atoms with E-state index in [9.17, 15) is 4.79 Å². The van der Waals surface area contributed by atoms with Gasteiger partial charge in [-0.1, -0.05) is 27.7 Å². The summed E-state index contributed by atoms with van der Waals surface area (Å²) in [5.74, 6) is 0.687. The third-order valence-corrected chi connectivity index (χ3v) is 3.53. The van der Waals surface area contributed by atoms with E-state index in [1.54, 1.807) is 4.90 Å². The van der Waals surface area contributed by atoms with Crippen LogP contribution in [0.15, 0.2) is 0 Å². The Balaban J connectivity index is 2.82. The summed E-state index contributed by atoms with van der Waals surface area (Å²) in [6, 6.07) is 0. The molecule has 1 aliphatic heterocycles. The van der Waals surface area contributed by atoms with E-state index in [2.05, 4.69) is 37.9 Å². The largest absolute Gasteiger partial charge is 0.342 e. The van der Waals surface area contributed by atoms with E-state index in [0.717, 1.165) is 13.0 Å². The first-order valence-corrected chi connectivity index (χ1v) is 7.30. The van der Waals surface area contributed by atoms with Gasteiger partial charge in [-0.3, -0.25) is 15.1 Å². The van der Waals surface area contributed by atoms with Crippen molar-refractivity contribution >= 4 is 11.9 Å². The Hall–Kier alpha value is -1.10. The zero-order valence-corrected chi connectivity index (χ0v) is 14.0. The molecule has 0 spiro atoms. The molecule has 20 heavy (non-hydrogen) atoms. The smallest absolute Gasteiger partial charge is 0.254 e. The number of hydrogen-bond donors (Lipinski definition) is 2. The first-order chi connectivity index (χ1) is 8.97. The zero-order chi connectivity index (χ0) is 15.7. The van der Waals surface area contributed by atoms with Gasteiger partial charge >= 0.3 is 0 Å². The highest BCUT2D eigenvalue weighted by Crippen LogP contribution is 2.27. The highest BCUT2D eigenvalue weighted by molar-refractivity contribution is 6.07. The second-order valence-electron chi connectivity index (χ2n) is 7.70. The Labute approximate surface area is 123 Å². The minimum atomic E-state index is -0.626. The Morgan fingerprint density at radius 1 is 1.40 bits per heavy atom. The molecule has 0 aromatic rings. The van der Waals surface area contributed by atoms with Gasteiger partial charge in [-0.25, -0.2) is 0 Å². The molecule has 1 saturated heterocycles. The lowest BCUT2D eigenvalue weighted by Gasteiger charge is -2.32. The van der Waals surface area contributed by atoms with Gasteiger partial charge < -0.3 is 10.2 Å². The van der Waals surface area contributed by atoms with Crippen LogP contribution >= 0.6 is 0 Å². The normalized spacial score (nSPS) is 23.9. The fourth-order valence-corrected chi connectivity index (χ4v) is 3.22. The van der Waals surface area contributed by atoms with Gasteiger partial charge in [0.15, 0.2) is 5.96 Å². The molecule has 1 heterocycles. The minimum Gasteiger partial charge on any atom is -0.342 e. The van der Waals surface area contributed by atoms with Crippen molar-refractivity contribution in [3.05, 3.63) is 0 Å². The summed E-state index contributed by atoms with van der Waals surface area (Å²) in [5.41, 5.74) is -0.671. The minimum absolute atomic E-state index is 0.0306. The molecule has 0 saturated carbocycles. The van der Waals surface area contributed by atoms with Crippen LogP contribution in [0.2, 0.25) is 0 Å². The lowest BCUT2D eigenvalue weighted by molar-refractivity contribution is -0.132. The van der Waals surface area contributed by atoms with Gasteiger partial charge in [-0.15, -0.1) is 0 Å². The quantitative estimate of drug-likeness (QED) is 0.780. The van der Waals surface area contributed by atoms with E-state index < -0.39 is 5.54 Å². The summed E-state index contributed by atoms with van der Waals surface area (Å²) in [7, 11) is 4.06. The van der Waals surface area contributed by atoms with Gasteiger partial charge in [0, 0.05) is 13.1 Å². The summed E-state index contributed by atoms with van der Waals surface area (Å²) in [5, 5.41) is 11.2. The maximum absolute atomic E-state index is 12.6. The zero-order valence-electron chi connectivity index (χ0n) is 14.0. The number of carbonyl (C=O) groups is 1. The van der Waals surface area contributed by atoms with Crippen molar-refractivity contribution in [2.24, 2.45) is 11.3 Å². The molecule has 5 nitrogen and oxygen atoms in total. The number of carbonyl (C=O) groups excluding carboxylic acids is 1. The van der Waals surface area contributed by atoms with Gasteiger partial charge in [0.2, 0.25) is 0 Å². The summed E-state index contributed by atoms with van der Waals surface area (Å²) in [4.78, 5) is 16.4. The SMILES string of the molecule is CC(C)CC1(C)NC(=N)N(CC(C)(C)CN(C)C)C1=O. The average Bonchev–Trinajstić information content (AvgIpc) is 2.38. The second kappa shape index (κ2) is 5.72. The van der Waals surface area contributed by atoms with E-state index in [4.69, 9.17) is 5.41 Å². The average molecular weight is 282 g/mol. The highest BCUT2D eigenvalue weighted by Gasteiger charge is 2.47. The third-order valence-electron chi connectivity index (χ3n) is 3.53. The number of rotatable bonds is 6. The summed E-state index contributed by atoms with van der Waals surface area (Å²) in [6.07, 6.45) is 0.749. The fraction of sp³-hybridized carbons (Fsp3) is 0.867. The fourth-order valence-electron chi connectivity index (χ4n) is 3.22. The number of nitrogens with one attached hydrogen (secondary N) is 2. The predicted octanol–water partition coefficient (Wildman–Crippen LogP) is 1.75. The molecule has 0 bridgehead atoms. The Kier molecular flexibility index (Phi) is 4.85. The molecule has 0 radical (unpaired) electrons. The van der Waals surface area contributed by atoms with Gasteiger partial charge in [0.25, 0.3) is 5.91 Å². The molecule has 1 rings (SSSR count). The number of nitrogens with zero attached hydrogens (tertiary/aromatic N) is 2. The number of hydrogen-bond acceptors (Lipinski definition) is 3. The van der Waals surface area contributed by atoms with Crippen molar-refractivity contribution in [3.8, 4) is 0 Å². The Morgan fingerprint density at radius 3 is 2.40 bits per heavy atom.